The minimum absolute atomic E-state index is 0.00796. The number of hydrogen-bond donors (Lipinski definition) is 2. The number of benzene rings is 1. The monoisotopic (exact) mass is 454 g/mol. The topological polar surface area (TPSA) is 83.0 Å². The van der Waals surface area contributed by atoms with E-state index in [4.69, 9.17) is 11.6 Å². The molecule has 2 aromatic heterocycles. The maximum Gasteiger partial charge on any atom is 0.228 e. The summed E-state index contributed by atoms with van der Waals surface area (Å²) >= 11 is 6.02. The van der Waals surface area contributed by atoms with Gasteiger partial charge in [-0.05, 0) is 70.2 Å². The molecule has 0 spiro atoms. The Hall–Kier alpha value is -3.10. The molecule has 2 N–H and O–H groups in total. The molecule has 7 nitrogen and oxygen atoms in total. The molecule has 1 amide bonds. The summed E-state index contributed by atoms with van der Waals surface area (Å²) in [4.78, 5) is 19.1. The molecule has 3 heterocycles. The van der Waals surface area contributed by atoms with Crippen LogP contribution in [0.15, 0.2) is 42.6 Å². The van der Waals surface area contributed by atoms with Crippen LogP contribution in [0.25, 0.3) is 11.3 Å². The second-order valence-corrected chi connectivity index (χ2v) is 8.41. The highest BCUT2D eigenvalue weighted by molar-refractivity contribution is 6.30. The molecular formula is C23H24ClFN6O. The molecule has 1 aliphatic heterocycles. The fourth-order valence-electron chi connectivity index (χ4n) is 3.64. The van der Waals surface area contributed by atoms with Crippen molar-refractivity contribution in [3.63, 3.8) is 0 Å². The number of hydrogen-bond acceptors (Lipinski definition) is 6. The van der Waals surface area contributed by atoms with Gasteiger partial charge in [0, 0.05) is 34.5 Å². The Labute approximate surface area is 191 Å². The first-order valence-corrected chi connectivity index (χ1v) is 10.8. The summed E-state index contributed by atoms with van der Waals surface area (Å²) in [6, 6.07) is 9.56. The first kappa shape index (κ1) is 22.1. The van der Waals surface area contributed by atoms with Gasteiger partial charge in [0.25, 0.3) is 0 Å². The van der Waals surface area contributed by atoms with Crippen LogP contribution in [0.2, 0.25) is 5.02 Å². The molecule has 0 bridgehead atoms. The molecule has 4 rings (SSSR count). The van der Waals surface area contributed by atoms with Crippen molar-refractivity contribution in [2.75, 3.05) is 30.8 Å². The van der Waals surface area contributed by atoms with E-state index in [0.717, 1.165) is 25.9 Å². The van der Waals surface area contributed by atoms with Crippen LogP contribution < -0.4 is 10.6 Å². The van der Waals surface area contributed by atoms with Crippen LogP contribution in [0.5, 0.6) is 0 Å². The number of anilines is 3. The van der Waals surface area contributed by atoms with E-state index in [1.807, 2.05) is 0 Å². The third-order valence-corrected chi connectivity index (χ3v) is 5.80. The number of amides is 1. The van der Waals surface area contributed by atoms with E-state index >= 15 is 0 Å². The molecule has 0 unspecified atom stereocenters. The number of rotatable bonds is 5. The Morgan fingerprint density at radius 2 is 1.94 bits per heavy atom. The molecule has 0 aliphatic carbocycles. The third-order valence-electron chi connectivity index (χ3n) is 5.56. The van der Waals surface area contributed by atoms with E-state index in [2.05, 4.69) is 37.8 Å². The molecule has 1 aromatic carbocycles. The van der Waals surface area contributed by atoms with Crippen LogP contribution in [-0.2, 0) is 4.79 Å². The molecule has 32 heavy (non-hydrogen) atoms. The first-order valence-electron chi connectivity index (χ1n) is 10.4. The summed E-state index contributed by atoms with van der Waals surface area (Å²) in [5, 5.41) is 14.8. The largest absolute Gasteiger partial charge is 0.354 e. The average molecular weight is 455 g/mol. The van der Waals surface area contributed by atoms with Crippen LogP contribution in [0.3, 0.4) is 0 Å². The maximum absolute atomic E-state index is 14.3. The number of carbonyl (C=O) groups is 1. The quantitative estimate of drug-likeness (QED) is 0.583. The van der Waals surface area contributed by atoms with Gasteiger partial charge < -0.3 is 15.5 Å². The first-order chi connectivity index (χ1) is 15.4. The van der Waals surface area contributed by atoms with Crippen molar-refractivity contribution in [2.24, 2.45) is 5.92 Å². The van der Waals surface area contributed by atoms with Gasteiger partial charge in [0.2, 0.25) is 5.91 Å². The Balaban J connectivity index is 1.51. The molecule has 9 heteroatoms. The second-order valence-electron chi connectivity index (χ2n) is 7.97. The highest BCUT2D eigenvalue weighted by Crippen LogP contribution is 2.28. The van der Waals surface area contributed by atoms with Crippen molar-refractivity contribution in [1.29, 1.82) is 0 Å². The second kappa shape index (κ2) is 9.58. The number of likely N-dealkylation sites (tertiary alicyclic amines) is 1. The lowest BCUT2D eigenvalue weighted by atomic mass is 9.96. The van der Waals surface area contributed by atoms with Crippen LogP contribution in [-0.4, -0.2) is 46.1 Å². The Kier molecular flexibility index (Phi) is 6.62. The highest BCUT2D eigenvalue weighted by Gasteiger charge is 2.23. The van der Waals surface area contributed by atoms with E-state index in [1.165, 1.54) is 18.2 Å². The molecule has 1 fully saturated rings. The third kappa shape index (κ3) is 5.20. The summed E-state index contributed by atoms with van der Waals surface area (Å²) in [6.07, 6.45) is 3.30. The van der Waals surface area contributed by atoms with Gasteiger partial charge in [-0.15, -0.1) is 0 Å². The Bertz CT molecular complexity index is 1130. The number of nitrogens with zero attached hydrogens (tertiary/aromatic N) is 4. The Morgan fingerprint density at radius 3 is 2.72 bits per heavy atom. The van der Waals surface area contributed by atoms with Crippen molar-refractivity contribution in [2.45, 2.75) is 19.8 Å². The molecule has 0 radical (unpaired) electrons. The van der Waals surface area contributed by atoms with Gasteiger partial charge in [0.1, 0.15) is 11.6 Å². The SMILES string of the molecule is Cc1nnc(-c2cc(Cl)ccc2F)cc1Nc1ccnc(NC(=O)C2CCN(C)CC2)c1. The van der Waals surface area contributed by atoms with Crippen molar-refractivity contribution in [3.8, 4) is 11.3 Å². The van der Waals surface area contributed by atoms with E-state index in [-0.39, 0.29) is 17.4 Å². The molecule has 0 atom stereocenters. The zero-order valence-electron chi connectivity index (χ0n) is 17.9. The van der Waals surface area contributed by atoms with Crippen LogP contribution in [0.1, 0.15) is 18.5 Å². The van der Waals surface area contributed by atoms with E-state index in [9.17, 15) is 9.18 Å². The molecule has 1 aliphatic rings. The lowest BCUT2D eigenvalue weighted by Gasteiger charge is -2.27. The van der Waals surface area contributed by atoms with Crippen molar-refractivity contribution >= 4 is 34.7 Å². The van der Waals surface area contributed by atoms with Crippen LogP contribution >= 0.6 is 11.6 Å². The smallest absolute Gasteiger partial charge is 0.228 e. The molecule has 0 saturated carbocycles. The summed E-state index contributed by atoms with van der Waals surface area (Å²) in [6.45, 7) is 3.63. The number of aryl methyl sites for hydroxylation is 1. The van der Waals surface area contributed by atoms with Gasteiger partial charge >= 0.3 is 0 Å². The molecule has 3 aromatic rings. The fourth-order valence-corrected chi connectivity index (χ4v) is 3.81. The van der Waals surface area contributed by atoms with Crippen molar-refractivity contribution < 1.29 is 9.18 Å². The lowest BCUT2D eigenvalue weighted by molar-refractivity contribution is -0.121. The minimum atomic E-state index is -0.429. The van der Waals surface area contributed by atoms with Gasteiger partial charge in [0.15, 0.2) is 0 Å². The zero-order valence-corrected chi connectivity index (χ0v) is 18.7. The number of piperidine rings is 1. The Morgan fingerprint density at radius 1 is 1.16 bits per heavy atom. The van der Waals surface area contributed by atoms with Gasteiger partial charge in [-0.3, -0.25) is 4.79 Å². The standard InChI is InChI=1S/C23H24ClFN6O/c1-14-20(13-21(30-29-14)18-11-16(24)3-4-19(18)25)27-17-5-8-26-22(12-17)28-23(32)15-6-9-31(2)10-7-15/h3-5,8,11-13,15H,6-7,9-10H2,1-2H3,(H2,26,27,28,30,32). The predicted molar refractivity (Wildman–Crippen MR) is 124 cm³/mol. The number of pyridine rings is 1. The van der Waals surface area contributed by atoms with Gasteiger partial charge in [-0.2, -0.15) is 10.2 Å². The fraction of sp³-hybridized carbons (Fsp3) is 0.304. The van der Waals surface area contributed by atoms with E-state index < -0.39 is 5.82 Å². The van der Waals surface area contributed by atoms with Gasteiger partial charge in [-0.25, -0.2) is 9.37 Å². The number of aromatic nitrogens is 3. The maximum atomic E-state index is 14.3. The van der Waals surface area contributed by atoms with E-state index in [1.54, 1.807) is 31.3 Å². The normalized spacial score (nSPS) is 14.9. The molecule has 1 saturated heterocycles. The number of nitrogens with one attached hydrogen (secondary N) is 2. The average Bonchev–Trinajstić information content (AvgIpc) is 2.78. The van der Waals surface area contributed by atoms with Crippen LogP contribution in [0, 0.1) is 18.7 Å². The summed E-state index contributed by atoms with van der Waals surface area (Å²) < 4.78 is 14.3. The van der Waals surface area contributed by atoms with Crippen molar-refractivity contribution in [1.82, 2.24) is 20.1 Å². The summed E-state index contributed by atoms with van der Waals surface area (Å²) in [5.41, 5.74) is 2.65. The number of carbonyl (C=O) groups excluding carboxylic acids is 1. The summed E-state index contributed by atoms with van der Waals surface area (Å²) in [5.74, 6) is 0.0238. The van der Waals surface area contributed by atoms with E-state index in [0.29, 0.717) is 33.6 Å². The summed E-state index contributed by atoms with van der Waals surface area (Å²) in [7, 11) is 2.06. The number of halogens is 2. The molecule has 166 valence electrons. The zero-order chi connectivity index (χ0) is 22.7. The van der Waals surface area contributed by atoms with Crippen LogP contribution in [0.4, 0.5) is 21.6 Å². The van der Waals surface area contributed by atoms with Gasteiger partial charge in [-0.1, -0.05) is 11.6 Å². The minimum Gasteiger partial charge on any atom is -0.354 e. The predicted octanol–water partition coefficient (Wildman–Crippen LogP) is 4.66. The highest BCUT2D eigenvalue weighted by atomic mass is 35.5. The van der Waals surface area contributed by atoms with Crippen molar-refractivity contribution in [3.05, 3.63) is 59.1 Å². The lowest BCUT2D eigenvalue weighted by Crippen LogP contribution is -2.36. The molecular weight excluding hydrogens is 431 g/mol. The van der Waals surface area contributed by atoms with Gasteiger partial charge in [0.05, 0.1) is 17.1 Å².